The van der Waals surface area contributed by atoms with Gasteiger partial charge in [0.25, 0.3) is 0 Å². The molecular weight excluding hydrogens is 402 g/mol. The maximum atomic E-state index is 12.5. The molecule has 2 N–H and O–H groups in total. The van der Waals surface area contributed by atoms with Gasteiger partial charge >= 0.3 is 17.7 Å². The number of nitrogen functional groups attached to an aromatic ring is 1. The first-order chi connectivity index (χ1) is 14.6. The zero-order valence-corrected chi connectivity index (χ0v) is 18.2. The Labute approximate surface area is 180 Å². The van der Waals surface area contributed by atoms with Crippen LogP contribution in [0.5, 0.6) is 0 Å². The van der Waals surface area contributed by atoms with Gasteiger partial charge in [0.05, 0.1) is 24.0 Å². The van der Waals surface area contributed by atoms with Crippen molar-refractivity contribution in [3.63, 3.8) is 0 Å². The third-order valence-electron chi connectivity index (χ3n) is 5.31. The van der Waals surface area contributed by atoms with Gasteiger partial charge < -0.3 is 15.2 Å². The molecule has 2 aromatic heterocycles. The van der Waals surface area contributed by atoms with Crippen LogP contribution in [0.1, 0.15) is 52.8 Å². The van der Waals surface area contributed by atoms with Gasteiger partial charge in [0.15, 0.2) is 11.9 Å². The van der Waals surface area contributed by atoms with Crippen LogP contribution in [-0.4, -0.2) is 44.5 Å². The third kappa shape index (κ3) is 3.93. The summed E-state index contributed by atoms with van der Waals surface area (Å²) in [7, 11) is 0. The van der Waals surface area contributed by atoms with Crippen molar-refractivity contribution < 1.29 is 23.8 Å². The second-order valence-electron chi connectivity index (χ2n) is 8.12. The molecule has 166 valence electrons. The van der Waals surface area contributed by atoms with Crippen molar-refractivity contribution in [2.24, 2.45) is 11.8 Å². The molecule has 31 heavy (non-hydrogen) atoms. The molecule has 3 rings (SSSR count). The Morgan fingerprint density at radius 1 is 1.26 bits per heavy atom. The molecule has 0 unspecified atom stereocenters. The van der Waals surface area contributed by atoms with Crippen LogP contribution >= 0.6 is 0 Å². The highest BCUT2D eigenvalue weighted by molar-refractivity contribution is 5.73. The Balaban J connectivity index is 2.13. The van der Waals surface area contributed by atoms with Crippen molar-refractivity contribution in [1.82, 2.24) is 14.6 Å². The lowest BCUT2D eigenvalue weighted by Gasteiger charge is -2.25. The molecule has 10 heteroatoms. The quantitative estimate of drug-likeness (QED) is 0.549. The number of carbonyl (C=O) groups is 2. The van der Waals surface area contributed by atoms with Gasteiger partial charge in [0.1, 0.15) is 17.9 Å². The SMILES string of the molecule is [C-]#[N+][C@]1(CC)O[C@@H](c2ccc3c(N)ncnn23)[C@H](OC(=O)C(C)C)[C@@H]1OC(=O)C(C)C. The van der Waals surface area contributed by atoms with E-state index in [1.807, 2.05) is 0 Å². The molecule has 0 aliphatic carbocycles. The van der Waals surface area contributed by atoms with Gasteiger partial charge in [-0.25, -0.2) is 16.1 Å². The molecule has 1 saturated heterocycles. The molecule has 0 radical (unpaired) electrons. The van der Waals surface area contributed by atoms with Gasteiger partial charge in [0.2, 0.25) is 6.10 Å². The Morgan fingerprint density at radius 3 is 2.48 bits per heavy atom. The topological polar surface area (TPSA) is 122 Å². The molecule has 0 amide bonds. The predicted molar refractivity (Wildman–Crippen MR) is 110 cm³/mol. The summed E-state index contributed by atoms with van der Waals surface area (Å²) < 4.78 is 19.2. The van der Waals surface area contributed by atoms with Crippen LogP contribution in [0.25, 0.3) is 10.4 Å². The lowest BCUT2D eigenvalue weighted by atomic mass is 9.98. The van der Waals surface area contributed by atoms with Gasteiger partial charge in [-0.2, -0.15) is 5.10 Å². The molecule has 1 fully saturated rings. The number of ether oxygens (including phenoxy) is 3. The summed E-state index contributed by atoms with van der Waals surface area (Å²) >= 11 is 0. The van der Waals surface area contributed by atoms with Crippen molar-refractivity contribution in [2.75, 3.05) is 5.73 Å². The Bertz CT molecular complexity index is 1030. The average molecular weight is 429 g/mol. The predicted octanol–water partition coefficient (Wildman–Crippen LogP) is 2.54. The fourth-order valence-electron chi connectivity index (χ4n) is 3.45. The van der Waals surface area contributed by atoms with Crippen molar-refractivity contribution in [3.8, 4) is 0 Å². The molecule has 1 aliphatic heterocycles. The fraction of sp³-hybridized carbons (Fsp3) is 0.571. The smallest absolute Gasteiger partial charge is 0.378 e. The summed E-state index contributed by atoms with van der Waals surface area (Å²) in [5, 5.41) is 4.23. The van der Waals surface area contributed by atoms with Crippen LogP contribution in [0.2, 0.25) is 0 Å². The van der Waals surface area contributed by atoms with Crippen molar-refractivity contribution in [2.45, 2.75) is 65.1 Å². The highest BCUT2D eigenvalue weighted by atomic mass is 16.7. The zero-order valence-electron chi connectivity index (χ0n) is 18.2. The molecule has 0 aromatic carbocycles. The monoisotopic (exact) mass is 429 g/mol. The van der Waals surface area contributed by atoms with E-state index in [9.17, 15) is 9.59 Å². The van der Waals surface area contributed by atoms with E-state index < -0.39 is 47.8 Å². The van der Waals surface area contributed by atoms with Crippen LogP contribution in [0.4, 0.5) is 5.82 Å². The molecule has 0 saturated carbocycles. The van der Waals surface area contributed by atoms with Gasteiger partial charge in [0, 0.05) is 0 Å². The Kier molecular flexibility index (Phi) is 6.18. The lowest BCUT2D eigenvalue weighted by Crippen LogP contribution is -2.46. The number of nitrogens with two attached hydrogens (primary N) is 1. The van der Waals surface area contributed by atoms with Crippen molar-refractivity contribution in [3.05, 3.63) is 35.6 Å². The second kappa shape index (κ2) is 8.51. The summed E-state index contributed by atoms with van der Waals surface area (Å²) in [6.45, 7) is 16.4. The van der Waals surface area contributed by atoms with E-state index in [1.54, 1.807) is 46.8 Å². The number of anilines is 1. The number of hydrogen-bond acceptors (Lipinski definition) is 8. The molecule has 0 bridgehead atoms. The average Bonchev–Trinajstić information content (AvgIpc) is 3.29. The molecule has 1 aliphatic rings. The number of esters is 2. The van der Waals surface area contributed by atoms with Gasteiger partial charge in [-0.15, -0.1) is 0 Å². The summed E-state index contributed by atoms with van der Waals surface area (Å²) in [6.07, 6.45) is -1.53. The molecule has 3 heterocycles. The minimum absolute atomic E-state index is 0.221. The molecule has 2 aromatic rings. The highest BCUT2D eigenvalue weighted by Crippen LogP contribution is 2.46. The van der Waals surface area contributed by atoms with E-state index in [0.717, 1.165) is 0 Å². The lowest BCUT2D eigenvalue weighted by molar-refractivity contribution is -0.173. The van der Waals surface area contributed by atoms with E-state index in [1.165, 1.54) is 10.8 Å². The van der Waals surface area contributed by atoms with Gasteiger partial charge in [-0.1, -0.05) is 34.6 Å². The van der Waals surface area contributed by atoms with Gasteiger partial charge in [-0.05, 0) is 12.1 Å². The number of carbonyl (C=O) groups excluding carboxylic acids is 2. The van der Waals surface area contributed by atoms with Gasteiger partial charge in [-0.3, -0.25) is 19.2 Å². The third-order valence-corrected chi connectivity index (χ3v) is 5.31. The van der Waals surface area contributed by atoms with Crippen LogP contribution in [0, 0.1) is 18.4 Å². The Hall–Kier alpha value is -3.19. The first-order valence-corrected chi connectivity index (χ1v) is 10.2. The first-order valence-electron chi connectivity index (χ1n) is 10.2. The normalized spacial score (nSPS) is 25.7. The van der Waals surface area contributed by atoms with E-state index in [2.05, 4.69) is 14.9 Å². The van der Waals surface area contributed by atoms with Crippen LogP contribution in [-0.2, 0) is 23.8 Å². The second-order valence-corrected chi connectivity index (χ2v) is 8.12. The number of nitrogens with zero attached hydrogens (tertiary/aromatic N) is 4. The number of fused-ring (bicyclic) bond motifs is 1. The maximum absolute atomic E-state index is 12.5. The molecule has 10 nitrogen and oxygen atoms in total. The minimum atomic E-state index is -1.51. The summed E-state index contributed by atoms with van der Waals surface area (Å²) in [5.41, 5.74) is 5.48. The first kappa shape index (κ1) is 22.5. The maximum Gasteiger partial charge on any atom is 0.378 e. The molecule has 0 spiro atoms. The van der Waals surface area contributed by atoms with Crippen molar-refractivity contribution >= 4 is 23.3 Å². The number of aromatic nitrogens is 3. The van der Waals surface area contributed by atoms with Crippen LogP contribution in [0.15, 0.2) is 18.5 Å². The summed E-state index contributed by atoms with van der Waals surface area (Å²) in [4.78, 5) is 32.7. The fourth-order valence-corrected chi connectivity index (χ4v) is 3.45. The molecular formula is C21H27N5O5. The number of hydrogen-bond donors (Lipinski definition) is 1. The van der Waals surface area contributed by atoms with E-state index in [4.69, 9.17) is 26.5 Å². The zero-order chi connectivity index (χ0) is 22.9. The standard InChI is InChI=1S/C21H27N5O5/c1-7-21(23-6)17(30-20(28)12(4)5)16(29-19(27)11(2)3)15(31-21)13-8-9-14-18(22)24-10-25-26(13)14/h8-12,15-17H,7H2,1-5H3,(H2,22,24,25)/t15-,16-,17-,21+/m0/s1. The van der Waals surface area contributed by atoms with Crippen molar-refractivity contribution in [1.29, 1.82) is 0 Å². The van der Waals surface area contributed by atoms with Crippen LogP contribution in [0.3, 0.4) is 0 Å². The highest BCUT2D eigenvalue weighted by Gasteiger charge is 2.65. The van der Waals surface area contributed by atoms with E-state index >= 15 is 0 Å². The summed E-state index contributed by atoms with van der Waals surface area (Å²) in [6, 6.07) is 3.44. The number of rotatable bonds is 6. The largest absolute Gasteiger partial charge is 0.454 e. The Morgan fingerprint density at radius 2 is 1.90 bits per heavy atom. The molecule has 4 atom stereocenters. The van der Waals surface area contributed by atoms with E-state index in [0.29, 0.717) is 11.2 Å². The minimum Gasteiger partial charge on any atom is -0.454 e. The van der Waals surface area contributed by atoms with E-state index in [-0.39, 0.29) is 12.2 Å². The summed E-state index contributed by atoms with van der Waals surface area (Å²) in [5.74, 6) is -1.58. The van der Waals surface area contributed by atoms with Crippen LogP contribution < -0.4 is 5.73 Å².